The zero-order valence-electron chi connectivity index (χ0n) is 11.7. The molecule has 2 heteroatoms. The van der Waals surface area contributed by atoms with Gasteiger partial charge in [-0.25, -0.2) is 0 Å². The summed E-state index contributed by atoms with van der Waals surface area (Å²) in [6.07, 6.45) is 0. The van der Waals surface area contributed by atoms with Crippen molar-refractivity contribution in [3.8, 4) is 11.5 Å². The molecular formula is C18H18O2. The summed E-state index contributed by atoms with van der Waals surface area (Å²) in [4.78, 5) is 0. The monoisotopic (exact) mass is 266 g/mol. The van der Waals surface area contributed by atoms with Crippen LogP contribution in [0, 0.1) is 13.8 Å². The number of hydrogen-bond donors (Lipinski definition) is 2. The first-order chi connectivity index (χ1) is 9.59. The highest BCUT2D eigenvalue weighted by atomic mass is 16.3. The fraction of sp³-hybridized carbons (Fsp3) is 0.111. The van der Waals surface area contributed by atoms with Crippen molar-refractivity contribution in [2.75, 3.05) is 0 Å². The zero-order valence-corrected chi connectivity index (χ0v) is 11.7. The van der Waals surface area contributed by atoms with E-state index >= 15 is 0 Å². The highest BCUT2D eigenvalue weighted by Gasteiger charge is 1.95. The lowest BCUT2D eigenvalue weighted by atomic mass is 10.1. The van der Waals surface area contributed by atoms with E-state index in [1.807, 2.05) is 68.4 Å². The summed E-state index contributed by atoms with van der Waals surface area (Å²) in [7, 11) is 0. The van der Waals surface area contributed by atoms with E-state index in [1.165, 1.54) is 0 Å². The molecule has 0 fully saturated rings. The minimum atomic E-state index is 0.350. The van der Waals surface area contributed by atoms with Crippen LogP contribution in [0.3, 0.4) is 0 Å². The molecule has 0 aliphatic rings. The van der Waals surface area contributed by atoms with Crippen LogP contribution in [0.15, 0.2) is 60.7 Å². The van der Waals surface area contributed by atoms with Gasteiger partial charge in [0.2, 0.25) is 0 Å². The Bertz CT molecular complexity index is 692. The third-order valence-corrected chi connectivity index (χ3v) is 3.21. The number of phenols is 2. The Labute approximate surface area is 118 Å². The Morgan fingerprint density at radius 1 is 0.650 bits per heavy atom. The Morgan fingerprint density at radius 3 is 1.80 bits per heavy atom. The maximum atomic E-state index is 9.37. The molecular weight excluding hydrogens is 248 g/mol. The summed E-state index contributed by atoms with van der Waals surface area (Å²) < 4.78 is 0. The van der Waals surface area contributed by atoms with Crippen LogP contribution in [-0.4, -0.2) is 10.2 Å². The number of para-hydroxylation sites is 1. The molecule has 0 heterocycles. The van der Waals surface area contributed by atoms with Gasteiger partial charge < -0.3 is 10.2 Å². The van der Waals surface area contributed by atoms with Gasteiger partial charge in [-0.05, 0) is 36.4 Å². The fourth-order valence-corrected chi connectivity index (χ4v) is 2.01. The van der Waals surface area contributed by atoms with Crippen molar-refractivity contribution < 1.29 is 10.2 Å². The molecule has 102 valence electrons. The standard InChI is InChI=1S/C10H8O.C8H10O/c11-10-7-3-5-8-4-1-2-6-9(8)10;1-6-4-3-5-7(2)8(6)9/h1-7,11H;3-5,9H,1-2H3. The van der Waals surface area contributed by atoms with Gasteiger partial charge in [0.1, 0.15) is 11.5 Å². The smallest absolute Gasteiger partial charge is 0.123 e. The van der Waals surface area contributed by atoms with Gasteiger partial charge in [-0.15, -0.1) is 0 Å². The van der Waals surface area contributed by atoms with E-state index in [0.29, 0.717) is 11.5 Å². The third-order valence-electron chi connectivity index (χ3n) is 3.21. The number of benzene rings is 3. The van der Waals surface area contributed by atoms with E-state index in [2.05, 4.69) is 0 Å². The second-order valence-corrected chi connectivity index (χ2v) is 4.74. The first kappa shape index (κ1) is 13.9. The van der Waals surface area contributed by atoms with Crippen molar-refractivity contribution in [2.45, 2.75) is 13.8 Å². The second kappa shape index (κ2) is 6.11. The van der Waals surface area contributed by atoms with Crippen molar-refractivity contribution >= 4 is 10.8 Å². The van der Waals surface area contributed by atoms with Crippen LogP contribution in [0.25, 0.3) is 10.8 Å². The van der Waals surface area contributed by atoms with Crippen molar-refractivity contribution in [1.82, 2.24) is 0 Å². The first-order valence-corrected chi connectivity index (χ1v) is 6.51. The van der Waals surface area contributed by atoms with Crippen LogP contribution in [0.1, 0.15) is 11.1 Å². The van der Waals surface area contributed by atoms with Crippen LogP contribution < -0.4 is 0 Å². The zero-order chi connectivity index (χ0) is 14.5. The predicted molar refractivity (Wildman–Crippen MR) is 83.2 cm³/mol. The van der Waals surface area contributed by atoms with Gasteiger partial charge in [0.15, 0.2) is 0 Å². The highest BCUT2D eigenvalue weighted by molar-refractivity contribution is 5.87. The van der Waals surface area contributed by atoms with Gasteiger partial charge in [0.05, 0.1) is 0 Å². The molecule has 20 heavy (non-hydrogen) atoms. The molecule has 0 aromatic heterocycles. The minimum absolute atomic E-state index is 0.350. The van der Waals surface area contributed by atoms with E-state index in [-0.39, 0.29) is 0 Å². The summed E-state index contributed by atoms with van der Waals surface area (Å²) in [6.45, 7) is 3.78. The average Bonchev–Trinajstić information content (AvgIpc) is 2.46. The van der Waals surface area contributed by atoms with Gasteiger partial charge in [-0.1, -0.05) is 54.6 Å². The first-order valence-electron chi connectivity index (χ1n) is 6.51. The normalized spacial score (nSPS) is 9.90. The molecule has 0 atom stereocenters. The van der Waals surface area contributed by atoms with Crippen LogP contribution in [0.4, 0.5) is 0 Å². The number of rotatable bonds is 0. The lowest BCUT2D eigenvalue weighted by molar-refractivity contribution is 0.467. The average molecular weight is 266 g/mol. The molecule has 0 radical (unpaired) electrons. The Kier molecular flexibility index (Phi) is 4.26. The molecule has 0 spiro atoms. The molecule has 3 aromatic rings. The summed E-state index contributed by atoms with van der Waals surface area (Å²) >= 11 is 0. The third kappa shape index (κ3) is 3.09. The van der Waals surface area contributed by atoms with Crippen molar-refractivity contribution in [2.24, 2.45) is 0 Å². The van der Waals surface area contributed by atoms with Crippen molar-refractivity contribution in [1.29, 1.82) is 0 Å². The molecule has 0 aliphatic heterocycles. The highest BCUT2D eigenvalue weighted by Crippen LogP contribution is 2.23. The molecule has 0 saturated heterocycles. The van der Waals surface area contributed by atoms with E-state index in [1.54, 1.807) is 6.07 Å². The Morgan fingerprint density at radius 2 is 1.20 bits per heavy atom. The van der Waals surface area contributed by atoms with Gasteiger partial charge in [0, 0.05) is 5.39 Å². The quantitative estimate of drug-likeness (QED) is 0.626. The summed E-state index contributed by atoms with van der Waals surface area (Å²) in [5.74, 6) is 0.764. The van der Waals surface area contributed by atoms with Gasteiger partial charge >= 0.3 is 0 Å². The number of hydrogen-bond acceptors (Lipinski definition) is 2. The largest absolute Gasteiger partial charge is 0.507 e. The molecule has 0 aliphatic carbocycles. The summed E-state index contributed by atoms with van der Waals surface area (Å²) in [5, 5.41) is 20.6. The molecule has 0 saturated carbocycles. The minimum Gasteiger partial charge on any atom is -0.507 e. The summed E-state index contributed by atoms with van der Waals surface area (Å²) in [6, 6.07) is 19.0. The maximum absolute atomic E-state index is 9.37. The Balaban J connectivity index is 0.000000151. The van der Waals surface area contributed by atoms with E-state index < -0.39 is 0 Å². The number of fused-ring (bicyclic) bond motifs is 1. The van der Waals surface area contributed by atoms with E-state index in [0.717, 1.165) is 21.9 Å². The lowest BCUT2D eigenvalue weighted by Crippen LogP contribution is -1.76. The molecule has 0 amide bonds. The molecule has 2 nitrogen and oxygen atoms in total. The molecule has 3 aromatic carbocycles. The maximum Gasteiger partial charge on any atom is 0.123 e. The number of aromatic hydroxyl groups is 2. The van der Waals surface area contributed by atoms with E-state index in [9.17, 15) is 10.2 Å². The Hall–Kier alpha value is -2.48. The van der Waals surface area contributed by atoms with Crippen molar-refractivity contribution in [3.63, 3.8) is 0 Å². The topological polar surface area (TPSA) is 40.5 Å². The number of aryl methyl sites for hydroxylation is 2. The molecule has 0 unspecified atom stereocenters. The van der Waals surface area contributed by atoms with Gasteiger partial charge in [-0.2, -0.15) is 0 Å². The van der Waals surface area contributed by atoms with Crippen LogP contribution in [0.5, 0.6) is 11.5 Å². The van der Waals surface area contributed by atoms with Gasteiger partial charge in [-0.3, -0.25) is 0 Å². The fourth-order valence-electron chi connectivity index (χ4n) is 2.01. The SMILES string of the molecule is Cc1cccc(C)c1O.Oc1cccc2ccccc12. The van der Waals surface area contributed by atoms with Crippen LogP contribution in [0.2, 0.25) is 0 Å². The predicted octanol–water partition coefficient (Wildman–Crippen LogP) is 4.55. The number of phenolic OH excluding ortho intramolecular Hbond substituents is 2. The van der Waals surface area contributed by atoms with E-state index in [4.69, 9.17) is 0 Å². The summed E-state index contributed by atoms with van der Waals surface area (Å²) in [5.41, 5.74) is 1.88. The van der Waals surface area contributed by atoms with Gasteiger partial charge in [0.25, 0.3) is 0 Å². The molecule has 0 bridgehead atoms. The van der Waals surface area contributed by atoms with Crippen LogP contribution in [-0.2, 0) is 0 Å². The second-order valence-electron chi connectivity index (χ2n) is 4.74. The molecule has 3 rings (SSSR count). The van der Waals surface area contributed by atoms with Crippen LogP contribution >= 0.6 is 0 Å². The lowest BCUT2D eigenvalue weighted by Gasteiger charge is -1.99. The van der Waals surface area contributed by atoms with Crippen molar-refractivity contribution in [3.05, 3.63) is 71.8 Å². The molecule has 2 N–H and O–H groups in total.